The average Bonchev–Trinajstić information content (AvgIpc) is 2.29. The topological polar surface area (TPSA) is 47.3 Å². The summed E-state index contributed by atoms with van der Waals surface area (Å²) in [6, 6.07) is 4.42. The third kappa shape index (κ3) is 3.01. The van der Waals surface area contributed by atoms with E-state index in [1.165, 1.54) is 6.07 Å². The summed E-state index contributed by atoms with van der Waals surface area (Å²) in [6.07, 6.45) is 0.589. The van der Waals surface area contributed by atoms with E-state index in [2.05, 4.69) is 21.4 Å². The Kier molecular flexibility index (Phi) is 5.34. The number of ether oxygens (including phenoxy) is 1. The maximum Gasteiger partial charge on any atom is 0.128 e. The van der Waals surface area contributed by atoms with Crippen LogP contribution in [0.5, 0.6) is 0 Å². The monoisotopic (exact) mass is 290 g/mol. The summed E-state index contributed by atoms with van der Waals surface area (Å²) in [6.45, 7) is 1.97. The highest BCUT2D eigenvalue weighted by molar-refractivity contribution is 9.10. The molecule has 0 bridgehead atoms. The Bertz CT molecular complexity index is 345. The van der Waals surface area contributed by atoms with E-state index in [1.54, 1.807) is 19.2 Å². The maximum absolute atomic E-state index is 13.7. The molecule has 0 spiro atoms. The van der Waals surface area contributed by atoms with Gasteiger partial charge in [0.05, 0.1) is 12.1 Å². The molecule has 16 heavy (non-hydrogen) atoms. The first-order valence-electron chi connectivity index (χ1n) is 5.07. The Morgan fingerprint density at radius 1 is 1.56 bits per heavy atom. The molecule has 90 valence electrons. The van der Waals surface area contributed by atoms with E-state index in [4.69, 9.17) is 10.6 Å². The third-order valence-electron chi connectivity index (χ3n) is 2.55. The van der Waals surface area contributed by atoms with Crippen LogP contribution < -0.4 is 11.3 Å². The molecule has 0 radical (unpaired) electrons. The minimum Gasteiger partial charge on any atom is -0.379 e. The van der Waals surface area contributed by atoms with Gasteiger partial charge in [-0.2, -0.15) is 0 Å². The van der Waals surface area contributed by atoms with E-state index in [9.17, 15) is 4.39 Å². The molecule has 2 unspecified atom stereocenters. The zero-order valence-corrected chi connectivity index (χ0v) is 10.9. The van der Waals surface area contributed by atoms with Crippen LogP contribution >= 0.6 is 15.9 Å². The second kappa shape index (κ2) is 6.30. The van der Waals surface area contributed by atoms with Crippen molar-refractivity contribution >= 4 is 15.9 Å². The van der Waals surface area contributed by atoms with Gasteiger partial charge in [-0.1, -0.05) is 22.9 Å². The van der Waals surface area contributed by atoms with Gasteiger partial charge in [-0.15, -0.1) is 0 Å². The van der Waals surface area contributed by atoms with Gasteiger partial charge in [0.15, 0.2) is 0 Å². The Hall–Kier alpha value is -0.490. The number of hydrazine groups is 1. The Morgan fingerprint density at radius 3 is 2.75 bits per heavy atom. The third-order valence-corrected chi connectivity index (χ3v) is 3.04. The smallest absolute Gasteiger partial charge is 0.128 e. The minimum atomic E-state index is -0.354. The number of benzene rings is 1. The molecule has 0 saturated carbocycles. The van der Waals surface area contributed by atoms with Crippen molar-refractivity contribution in [1.82, 2.24) is 5.43 Å². The van der Waals surface area contributed by atoms with Gasteiger partial charge in [-0.05, 0) is 24.6 Å². The Morgan fingerprint density at radius 2 is 2.25 bits per heavy atom. The summed E-state index contributed by atoms with van der Waals surface area (Å²) in [4.78, 5) is 0. The molecular formula is C11H16BrFN2O. The summed E-state index contributed by atoms with van der Waals surface area (Å²) in [5.74, 6) is 5.17. The number of nitrogens with two attached hydrogens (primary N) is 1. The molecule has 0 heterocycles. The second-order valence-electron chi connectivity index (χ2n) is 3.49. The van der Waals surface area contributed by atoms with E-state index >= 15 is 0 Å². The van der Waals surface area contributed by atoms with Gasteiger partial charge in [0.25, 0.3) is 0 Å². The van der Waals surface area contributed by atoms with E-state index in [0.29, 0.717) is 5.56 Å². The largest absolute Gasteiger partial charge is 0.379 e. The van der Waals surface area contributed by atoms with E-state index in [1.807, 2.05) is 6.92 Å². The van der Waals surface area contributed by atoms with E-state index < -0.39 is 0 Å². The Labute approximate surface area is 103 Å². The number of hydrogen-bond donors (Lipinski definition) is 2. The lowest BCUT2D eigenvalue weighted by Crippen LogP contribution is -2.37. The second-order valence-corrected chi connectivity index (χ2v) is 4.41. The molecule has 3 nitrogen and oxygen atoms in total. The molecule has 5 heteroatoms. The highest BCUT2D eigenvalue weighted by Gasteiger charge is 2.23. The minimum absolute atomic E-state index is 0.159. The lowest BCUT2D eigenvalue weighted by Gasteiger charge is -2.25. The fraction of sp³-hybridized carbons (Fsp3) is 0.455. The van der Waals surface area contributed by atoms with Crippen LogP contribution in [-0.4, -0.2) is 13.2 Å². The van der Waals surface area contributed by atoms with Gasteiger partial charge in [-0.25, -0.2) is 4.39 Å². The molecule has 3 N–H and O–H groups in total. The van der Waals surface area contributed by atoms with Crippen molar-refractivity contribution in [2.45, 2.75) is 25.5 Å². The first-order valence-corrected chi connectivity index (χ1v) is 5.87. The number of rotatable bonds is 5. The van der Waals surface area contributed by atoms with Gasteiger partial charge >= 0.3 is 0 Å². The number of nitrogens with one attached hydrogen (secondary N) is 1. The van der Waals surface area contributed by atoms with Crippen molar-refractivity contribution < 1.29 is 9.13 Å². The van der Waals surface area contributed by atoms with Gasteiger partial charge in [-0.3, -0.25) is 11.3 Å². The lowest BCUT2D eigenvalue weighted by atomic mass is 10.00. The van der Waals surface area contributed by atoms with E-state index in [-0.39, 0.29) is 18.0 Å². The molecule has 0 amide bonds. The van der Waals surface area contributed by atoms with Crippen LogP contribution in [0.1, 0.15) is 24.9 Å². The standard InChI is InChI=1S/C11H16BrFN2O/c1-3-10(16-2)11(15-14)8-6-7(12)4-5-9(8)13/h4-6,10-11,15H,3,14H2,1-2H3. The van der Waals surface area contributed by atoms with Crippen LogP contribution in [0.4, 0.5) is 4.39 Å². The fourth-order valence-electron chi connectivity index (χ4n) is 1.69. The summed E-state index contributed by atoms with van der Waals surface area (Å²) >= 11 is 3.31. The van der Waals surface area contributed by atoms with Crippen LogP contribution in [0, 0.1) is 5.82 Å². The number of methoxy groups -OCH3 is 1. The van der Waals surface area contributed by atoms with Gasteiger partial charge in [0.2, 0.25) is 0 Å². The van der Waals surface area contributed by atoms with E-state index in [0.717, 1.165) is 10.9 Å². The van der Waals surface area contributed by atoms with Crippen LogP contribution in [0.25, 0.3) is 0 Å². The SMILES string of the molecule is CCC(OC)C(NN)c1cc(Br)ccc1F. The van der Waals surface area contributed by atoms with Gasteiger partial charge in [0, 0.05) is 17.1 Å². The van der Waals surface area contributed by atoms with Crippen LogP contribution in [0.15, 0.2) is 22.7 Å². The number of hydrogen-bond acceptors (Lipinski definition) is 3. The Balaban J connectivity index is 3.06. The molecule has 0 aliphatic rings. The van der Waals surface area contributed by atoms with Gasteiger partial charge < -0.3 is 4.74 Å². The van der Waals surface area contributed by atoms with Crippen molar-refractivity contribution in [3.8, 4) is 0 Å². The quantitative estimate of drug-likeness (QED) is 0.647. The summed E-state index contributed by atoms with van der Waals surface area (Å²) in [7, 11) is 1.59. The molecule has 0 fully saturated rings. The molecule has 0 aliphatic heterocycles. The normalized spacial score (nSPS) is 14.8. The zero-order chi connectivity index (χ0) is 12.1. The van der Waals surface area contributed by atoms with Crippen molar-refractivity contribution in [1.29, 1.82) is 0 Å². The molecule has 2 atom stereocenters. The van der Waals surface area contributed by atoms with Crippen LogP contribution in [-0.2, 0) is 4.74 Å². The summed E-state index contributed by atoms with van der Waals surface area (Å²) in [5, 5.41) is 0. The highest BCUT2D eigenvalue weighted by Crippen LogP contribution is 2.26. The molecule has 1 rings (SSSR count). The predicted molar refractivity (Wildman–Crippen MR) is 65.3 cm³/mol. The molecule has 0 saturated heterocycles. The molecule has 0 aromatic heterocycles. The first kappa shape index (κ1) is 13.6. The van der Waals surface area contributed by atoms with Gasteiger partial charge in [0.1, 0.15) is 5.82 Å². The number of halogens is 2. The molecular weight excluding hydrogens is 275 g/mol. The maximum atomic E-state index is 13.7. The summed E-state index contributed by atoms with van der Waals surface area (Å²) < 4.78 is 19.8. The van der Waals surface area contributed by atoms with Crippen LogP contribution in [0.2, 0.25) is 0 Å². The van der Waals surface area contributed by atoms with Crippen molar-refractivity contribution in [2.24, 2.45) is 5.84 Å². The van der Waals surface area contributed by atoms with Crippen molar-refractivity contribution in [2.75, 3.05) is 7.11 Å². The molecule has 1 aromatic carbocycles. The predicted octanol–water partition coefficient (Wildman–Crippen LogP) is 2.52. The van der Waals surface area contributed by atoms with Crippen molar-refractivity contribution in [3.05, 3.63) is 34.1 Å². The first-order chi connectivity index (χ1) is 7.63. The highest BCUT2D eigenvalue weighted by atomic mass is 79.9. The average molecular weight is 291 g/mol. The van der Waals surface area contributed by atoms with Crippen molar-refractivity contribution in [3.63, 3.8) is 0 Å². The van der Waals surface area contributed by atoms with Crippen LogP contribution in [0.3, 0.4) is 0 Å². The molecule has 0 aliphatic carbocycles. The zero-order valence-electron chi connectivity index (χ0n) is 9.34. The lowest BCUT2D eigenvalue weighted by molar-refractivity contribution is 0.0639. The molecule has 1 aromatic rings. The summed E-state index contributed by atoms with van der Waals surface area (Å²) in [5.41, 5.74) is 3.11. The fourth-order valence-corrected chi connectivity index (χ4v) is 2.07.